The standard InChI is InChI=1S/C11H21NO/c1-3-4-5-6-8-11(13)9-7-10-12-2/h2-10H2,1H3. The Morgan fingerprint density at radius 1 is 1.15 bits per heavy atom. The molecule has 0 N–H and O–H groups in total. The Morgan fingerprint density at radius 3 is 2.46 bits per heavy atom. The van der Waals surface area contributed by atoms with Gasteiger partial charge in [0.15, 0.2) is 0 Å². The molecule has 0 rings (SSSR count). The minimum atomic E-state index is 0.389. The number of aliphatic imine (C=N–C) groups is 1. The SMILES string of the molecule is C=NCCCC(=O)CCCCCC. The van der Waals surface area contributed by atoms with Gasteiger partial charge in [-0.2, -0.15) is 0 Å². The van der Waals surface area contributed by atoms with Crippen LogP contribution in [-0.2, 0) is 4.79 Å². The second-order valence-corrected chi connectivity index (χ2v) is 3.40. The third-order valence-electron chi connectivity index (χ3n) is 2.08. The summed E-state index contributed by atoms with van der Waals surface area (Å²) in [5, 5.41) is 0. The normalized spacial score (nSPS) is 9.92. The van der Waals surface area contributed by atoms with Crippen LogP contribution in [0.5, 0.6) is 0 Å². The Balaban J connectivity index is 3.15. The molecule has 0 aliphatic heterocycles. The van der Waals surface area contributed by atoms with Crippen molar-refractivity contribution in [3.05, 3.63) is 0 Å². The van der Waals surface area contributed by atoms with Crippen molar-refractivity contribution in [1.29, 1.82) is 0 Å². The maximum Gasteiger partial charge on any atom is 0.132 e. The van der Waals surface area contributed by atoms with E-state index in [0.29, 0.717) is 12.2 Å². The van der Waals surface area contributed by atoms with Crippen LogP contribution in [0.3, 0.4) is 0 Å². The quantitative estimate of drug-likeness (QED) is 0.399. The van der Waals surface area contributed by atoms with Crippen LogP contribution in [0, 0.1) is 0 Å². The van der Waals surface area contributed by atoms with Gasteiger partial charge in [-0.15, -0.1) is 0 Å². The summed E-state index contributed by atoms with van der Waals surface area (Å²) in [5.74, 6) is 0.389. The first-order valence-corrected chi connectivity index (χ1v) is 5.25. The summed E-state index contributed by atoms with van der Waals surface area (Å²) in [4.78, 5) is 14.9. The highest BCUT2D eigenvalue weighted by Crippen LogP contribution is 2.05. The first-order chi connectivity index (χ1) is 6.31. The fraction of sp³-hybridized carbons (Fsp3) is 0.818. The Morgan fingerprint density at radius 2 is 1.85 bits per heavy atom. The molecule has 13 heavy (non-hydrogen) atoms. The third-order valence-corrected chi connectivity index (χ3v) is 2.08. The molecule has 0 amide bonds. The molecule has 0 bridgehead atoms. The molecule has 0 radical (unpaired) electrons. The van der Waals surface area contributed by atoms with Gasteiger partial charge >= 0.3 is 0 Å². The summed E-state index contributed by atoms with van der Waals surface area (Å²) >= 11 is 0. The lowest BCUT2D eigenvalue weighted by Crippen LogP contribution is -1.98. The van der Waals surface area contributed by atoms with E-state index in [2.05, 4.69) is 18.6 Å². The second-order valence-electron chi connectivity index (χ2n) is 3.40. The van der Waals surface area contributed by atoms with Crippen molar-refractivity contribution in [3.8, 4) is 0 Å². The Kier molecular flexibility index (Phi) is 8.95. The van der Waals surface area contributed by atoms with Gasteiger partial charge < -0.3 is 4.99 Å². The van der Waals surface area contributed by atoms with Crippen LogP contribution in [0.25, 0.3) is 0 Å². The van der Waals surface area contributed by atoms with E-state index >= 15 is 0 Å². The average molecular weight is 183 g/mol. The van der Waals surface area contributed by atoms with Crippen LogP contribution in [-0.4, -0.2) is 19.0 Å². The van der Waals surface area contributed by atoms with Crippen molar-refractivity contribution < 1.29 is 4.79 Å². The van der Waals surface area contributed by atoms with Gasteiger partial charge in [-0.25, -0.2) is 0 Å². The lowest BCUT2D eigenvalue weighted by molar-refractivity contribution is -0.119. The molecule has 0 fully saturated rings. The average Bonchev–Trinajstić information content (AvgIpc) is 2.13. The molecule has 0 atom stereocenters. The van der Waals surface area contributed by atoms with Crippen molar-refractivity contribution >= 4 is 12.5 Å². The predicted molar refractivity (Wildman–Crippen MR) is 57.4 cm³/mol. The van der Waals surface area contributed by atoms with Crippen LogP contribution in [0.4, 0.5) is 0 Å². The van der Waals surface area contributed by atoms with Crippen molar-refractivity contribution in [2.75, 3.05) is 6.54 Å². The highest BCUT2D eigenvalue weighted by atomic mass is 16.1. The van der Waals surface area contributed by atoms with E-state index < -0.39 is 0 Å². The highest BCUT2D eigenvalue weighted by molar-refractivity contribution is 5.78. The first kappa shape index (κ1) is 12.3. The zero-order chi connectivity index (χ0) is 9.94. The molecule has 2 heteroatoms. The molecule has 0 saturated carbocycles. The summed E-state index contributed by atoms with van der Waals surface area (Å²) in [5.41, 5.74) is 0. The molecule has 0 heterocycles. The van der Waals surface area contributed by atoms with Gasteiger partial charge in [0.25, 0.3) is 0 Å². The number of hydrogen-bond acceptors (Lipinski definition) is 2. The molecule has 0 aliphatic rings. The summed E-state index contributed by atoms with van der Waals surface area (Å²) < 4.78 is 0. The maximum absolute atomic E-state index is 11.2. The van der Waals surface area contributed by atoms with Gasteiger partial charge in [0.1, 0.15) is 5.78 Å². The monoisotopic (exact) mass is 183 g/mol. The minimum absolute atomic E-state index is 0.389. The molecule has 76 valence electrons. The van der Waals surface area contributed by atoms with Gasteiger partial charge in [-0.05, 0) is 19.6 Å². The summed E-state index contributed by atoms with van der Waals surface area (Å²) in [6.45, 7) is 6.28. The summed E-state index contributed by atoms with van der Waals surface area (Å²) in [7, 11) is 0. The van der Waals surface area contributed by atoms with Gasteiger partial charge in [0.2, 0.25) is 0 Å². The zero-order valence-electron chi connectivity index (χ0n) is 8.72. The summed E-state index contributed by atoms with van der Waals surface area (Å²) in [6.07, 6.45) is 7.06. The fourth-order valence-electron chi connectivity index (χ4n) is 1.26. The molecule has 0 aromatic carbocycles. The molecular weight excluding hydrogens is 162 g/mol. The molecule has 0 spiro atoms. The first-order valence-electron chi connectivity index (χ1n) is 5.25. The molecule has 0 aromatic heterocycles. The van der Waals surface area contributed by atoms with Crippen molar-refractivity contribution in [2.24, 2.45) is 4.99 Å². The van der Waals surface area contributed by atoms with E-state index in [1.807, 2.05) is 0 Å². The van der Waals surface area contributed by atoms with Crippen molar-refractivity contribution in [3.63, 3.8) is 0 Å². The maximum atomic E-state index is 11.2. The predicted octanol–water partition coefficient (Wildman–Crippen LogP) is 3.01. The second kappa shape index (κ2) is 9.43. The lowest BCUT2D eigenvalue weighted by atomic mass is 10.1. The van der Waals surface area contributed by atoms with Crippen molar-refractivity contribution in [1.82, 2.24) is 0 Å². The lowest BCUT2D eigenvalue weighted by Gasteiger charge is -1.99. The summed E-state index contributed by atoms with van der Waals surface area (Å²) in [6, 6.07) is 0. The van der Waals surface area contributed by atoms with Gasteiger partial charge in [-0.3, -0.25) is 4.79 Å². The molecule has 2 nitrogen and oxygen atoms in total. The fourth-order valence-corrected chi connectivity index (χ4v) is 1.26. The van der Waals surface area contributed by atoms with Crippen LogP contribution < -0.4 is 0 Å². The number of rotatable bonds is 9. The molecule has 0 saturated heterocycles. The Hall–Kier alpha value is -0.660. The largest absolute Gasteiger partial charge is 0.301 e. The van der Waals surface area contributed by atoms with E-state index in [4.69, 9.17) is 0 Å². The van der Waals surface area contributed by atoms with E-state index in [9.17, 15) is 4.79 Å². The van der Waals surface area contributed by atoms with E-state index in [1.54, 1.807) is 0 Å². The van der Waals surface area contributed by atoms with Crippen LogP contribution in [0.1, 0.15) is 51.9 Å². The van der Waals surface area contributed by atoms with E-state index in [0.717, 1.165) is 25.8 Å². The molecule has 0 aromatic rings. The molecule has 0 unspecified atom stereocenters. The molecular formula is C11H21NO. The number of ketones is 1. The van der Waals surface area contributed by atoms with E-state index in [1.165, 1.54) is 19.3 Å². The van der Waals surface area contributed by atoms with Crippen LogP contribution >= 0.6 is 0 Å². The smallest absolute Gasteiger partial charge is 0.132 e. The minimum Gasteiger partial charge on any atom is -0.301 e. The third kappa shape index (κ3) is 9.25. The number of Topliss-reactive ketones (excluding diaryl/α,β-unsaturated/α-hetero) is 1. The number of unbranched alkanes of at least 4 members (excludes halogenated alkanes) is 3. The topological polar surface area (TPSA) is 29.4 Å². The van der Waals surface area contributed by atoms with Crippen LogP contribution in [0.15, 0.2) is 4.99 Å². The molecule has 0 aliphatic carbocycles. The Labute approximate surface area is 81.4 Å². The number of nitrogens with zero attached hydrogens (tertiary/aromatic N) is 1. The van der Waals surface area contributed by atoms with Gasteiger partial charge in [0.05, 0.1) is 0 Å². The highest BCUT2D eigenvalue weighted by Gasteiger charge is 2.00. The van der Waals surface area contributed by atoms with Gasteiger partial charge in [0, 0.05) is 19.4 Å². The van der Waals surface area contributed by atoms with Gasteiger partial charge in [-0.1, -0.05) is 26.2 Å². The number of carbonyl (C=O) groups excluding carboxylic acids is 1. The van der Waals surface area contributed by atoms with Crippen molar-refractivity contribution in [2.45, 2.75) is 51.9 Å². The number of hydrogen-bond donors (Lipinski definition) is 0. The van der Waals surface area contributed by atoms with Crippen LogP contribution in [0.2, 0.25) is 0 Å². The Bertz CT molecular complexity index is 143. The van der Waals surface area contributed by atoms with E-state index in [-0.39, 0.29) is 0 Å². The zero-order valence-corrected chi connectivity index (χ0v) is 8.72. The number of carbonyl (C=O) groups is 1.